The van der Waals surface area contributed by atoms with Crippen LogP contribution in [0.1, 0.15) is 15.4 Å². The van der Waals surface area contributed by atoms with Gasteiger partial charge in [0.1, 0.15) is 5.82 Å². The third kappa shape index (κ3) is 9.07. The number of nitrogen functional groups attached to an aromatic ring is 1. The largest absolute Gasteiger partial charge is 0.487 e. The van der Waals surface area contributed by atoms with Crippen LogP contribution in [0.4, 0.5) is 5.82 Å². The number of pyridine rings is 2. The highest BCUT2D eigenvalue weighted by atomic mass is 35.5. The van der Waals surface area contributed by atoms with Crippen molar-refractivity contribution in [1.29, 1.82) is 0 Å². The molecule has 0 aliphatic heterocycles. The molecule has 0 fully saturated rings. The van der Waals surface area contributed by atoms with Crippen LogP contribution in [0.3, 0.4) is 0 Å². The fourth-order valence-electron chi connectivity index (χ4n) is 3.54. The normalized spacial score (nSPS) is 10.3. The molecule has 0 bridgehead atoms. The minimum absolute atomic E-state index is 0.112. The maximum Gasteiger partial charge on any atom is 0.247 e. The van der Waals surface area contributed by atoms with Gasteiger partial charge in [-0.05, 0) is 62.2 Å². The molecule has 41 heavy (non-hydrogen) atoms. The number of hydrogen-bond donors (Lipinski definition) is 5. The molecule has 0 radical (unpaired) electrons. The number of anilines is 1. The standard InChI is InChI=1S/C14H12ClN3OS.C8H8N4O.C6H8OS/c15-13-5-4-11(20-13)3-2-10-7-12(18-17-10)9-1-6-14(19)16-8-9;9-7-3-6(11-12-7)5-1-2-8(13)10-4-5;1-5-3-4-6(7-2)8-5/h1,4-8H,2-3H2,(H,16,19)(H,17,18);1-4H,(H,10,13)(H3,9,11,12);3-4H,1-2H3. The van der Waals surface area contributed by atoms with E-state index in [9.17, 15) is 9.59 Å². The molecule has 6 aromatic heterocycles. The van der Waals surface area contributed by atoms with Gasteiger partial charge in [0.2, 0.25) is 11.1 Å². The topological polar surface area (TPSA) is 158 Å². The van der Waals surface area contributed by atoms with Gasteiger partial charge in [0.15, 0.2) is 5.06 Å². The van der Waals surface area contributed by atoms with Gasteiger partial charge >= 0.3 is 0 Å². The van der Waals surface area contributed by atoms with E-state index in [-0.39, 0.29) is 11.1 Å². The molecule has 10 nitrogen and oxygen atoms in total. The Hall–Kier alpha value is -4.39. The van der Waals surface area contributed by atoms with Crippen LogP contribution in [0.25, 0.3) is 22.5 Å². The summed E-state index contributed by atoms with van der Waals surface area (Å²) in [6, 6.07) is 18.1. The van der Waals surface area contributed by atoms with Crippen LogP contribution in [0.2, 0.25) is 4.34 Å². The van der Waals surface area contributed by atoms with Gasteiger partial charge in [-0.1, -0.05) is 11.6 Å². The van der Waals surface area contributed by atoms with Crippen molar-refractivity contribution in [3.63, 3.8) is 0 Å². The van der Waals surface area contributed by atoms with Gasteiger partial charge in [-0.15, -0.1) is 22.7 Å². The number of nitrogens with one attached hydrogen (secondary N) is 4. The van der Waals surface area contributed by atoms with Gasteiger partial charge in [0.25, 0.3) is 0 Å². The summed E-state index contributed by atoms with van der Waals surface area (Å²) in [6.45, 7) is 2.06. The monoisotopic (exact) mass is 609 g/mol. The zero-order valence-corrected chi connectivity index (χ0v) is 24.6. The van der Waals surface area contributed by atoms with Crippen molar-refractivity contribution in [2.24, 2.45) is 0 Å². The summed E-state index contributed by atoms with van der Waals surface area (Å²) in [5.41, 5.74) is 9.62. The van der Waals surface area contributed by atoms with Crippen molar-refractivity contribution in [3.8, 4) is 27.6 Å². The Morgan fingerprint density at radius 2 is 1.59 bits per heavy atom. The van der Waals surface area contributed by atoms with Gasteiger partial charge in [-0.25, -0.2) is 0 Å². The zero-order valence-electron chi connectivity index (χ0n) is 22.2. The van der Waals surface area contributed by atoms with Crippen molar-refractivity contribution in [3.05, 3.63) is 114 Å². The summed E-state index contributed by atoms with van der Waals surface area (Å²) in [5.74, 6) is 0.432. The summed E-state index contributed by atoms with van der Waals surface area (Å²) in [4.78, 5) is 29.5. The molecule has 0 saturated carbocycles. The lowest BCUT2D eigenvalue weighted by molar-refractivity contribution is 0.427. The van der Waals surface area contributed by atoms with Gasteiger partial charge in [-0.3, -0.25) is 19.8 Å². The van der Waals surface area contributed by atoms with E-state index < -0.39 is 0 Å². The Labute approximate surface area is 248 Å². The van der Waals surface area contributed by atoms with E-state index in [4.69, 9.17) is 22.1 Å². The molecule has 0 aromatic carbocycles. The summed E-state index contributed by atoms with van der Waals surface area (Å²) in [5, 5.41) is 14.8. The number of thiophene rings is 2. The van der Waals surface area contributed by atoms with E-state index in [1.54, 1.807) is 60.4 Å². The van der Waals surface area contributed by atoms with Crippen molar-refractivity contribution < 1.29 is 4.74 Å². The predicted molar refractivity (Wildman–Crippen MR) is 166 cm³/mol. The van der Waals surface area contributed by atoms with Crippen LogP contribution in [0.5, 0.6) is 5.06 Å². The highest BCUT2D eigenvalue weighted by molar-refractivity contribution is 7.16. The summed E-state index contributed by atoms with van der Waals surface area (Å²) < 4.78 is 5.77. The Morgan fingerprint density at radius 1 is 0.854 bits per heavy atom. The first kappa shape index (κ1) is 29.6. The van der Waals surface area contributed by atoms with Crippen LogP contribution in [-0.2, 0) is 12.8 Å². The zero-order chi connectivity index (χ0) is 29.2. The Morgan fingerprint density at radius 3 is 2.10 bits per heavy atom. The van der Waals surface area contributed by atoms with Crippen LogP contribution in [-0.4, -0.2) is 37.5 Å². The van der Waals surface area contributed by atoms with Crippen LogP contribution in [0.15, 0.2) is 82.6 Å². The van der Waals surface area contributed by atoms with Crippen LogP contribution >= 0.6 is 34.3 Å². The SMILES string of the molecule is COc1ccc(C)s1.Nc1cc(-c2ccc(=O)[nH]c2)[nH]n1.O=c1ccc(-c2cc(CCc3ccc(Cl)s3)[nH]n2)c[nH]1. The number of rotatable bonds is 6. The smallest absolute Gasteiger partial charge is 0.247 e. The average Bonchev–Trinajstić information content (AvgIpc) is 3.78. The molecule has 6 heterocycles. The molecular weight excluding hydrogens is 582 g/mol. The summed E-state index contributed by atoms with van der Waals surface area (Å²) >= 11 is 9.18. The second kappa shape index (κ2) is 14.3. The van der Waals surface area contributed by atoms with Crippen molar-refractivity contribution in [2.45, 2.75) is 19.8 Å². The summed E-state index contributed by atoms with van der Waals surface area (Å²) in [7, 11) is 1.69. The molecule has 0 saturated heterocycles. The lowest BCUT2D eigenvalue weighted by Gasteiger charge is -1.94. The van der Waals surface area contributed by atoms with Gasteiger partial charge in [-0.2, -0.15) is 10.2 Å². The predicted octanol–water partition coefficient (Wildman–Crippen LogP) is 5.68. The Bertz CT molecular complexity index is 1760. The van der Waals surface area contributed by atoms with E-state index in [2.05, 4.69) is 37.3 Å². The number of aryl methyl sites for hydroxylation is 3. The third-order valence-corrected chi connectivity index (χ3v) is 7.84. The van der Waals surface area contributed by atoms with Gasteiger partial charge in [0, 0.05) is 57.2 Å². The minimum Gasteiger partial charge on any atom is -0.487 e. The maximum absolute atomic E-state index is 11.0. The second-order valence-electron chi connectivity index (χ2n) is 8.64. The van der Waals surface area contributed by atoms with Crippen molar-refractivity contribution in [1.82, 2.24) is 30.4 Å². The minimum atomic E-state index is -0.128. The van der Waals surface area contributed by atoms with Crippen LogP contribution < -0.4 is 21.6 Å². The Kier molecular flexibility index (Phi) is 10.3. The lowest BCUT2D eigenvalue weighted by Crippen LogP contribution is -2.01. The Balaban J connectivity index is 0.000000158. The second-order valence-corrected chi connectivity index (χ2v) is 11.7. The number of ether oxygens (including phenoxy) is 1. The van der Waals surface area contributed by atoms with E-state index in [1.807, 2.05) is 30.3 Å². The molecule has 0 atom stereocenters. The number of methoxy groups -OCH3 is 1. The number of aromatic nitrogens is 6. The molecule has 0 spiro atoms. The quantitative estimate of drug-likeness (QED) is 0.163. The van der Waals surface area contributed by atoms with E-state index in [0.717, 1.165) is 50.4 Å². The van der Waals surface area contributed by atoms with Crippen molar-refractivity contribution >= 4 is 40.1 Å². The fraction of sp³-hybridized carbons (Fsp3) is 0.143. The maximum atomic E-state index is 11.0. The molecule has 6 N–H and O–H groups in total. The molecule has 13 heteroatoms. The number of hydrogen-bond acceptors (Lipinski definition) is 8. The number of aromatic amines is 4. The van der Waals surface area contributed by atoms with Crippen LogP contribution in [0, 0.1) is 6.92 Å². The van der Waals surface area contributed by atoms with Gasteiger partial charge in [0.05, 0.1) is 22.8 Å². The molecular formula is C28H28ClN7O3S2. The number of nitrogens with two attached hydrogens (primary N) is 1. The number of H-pyrrole nitrogens is 4. The highest BCUT2D eigenvalue weighted by Gasteiger charge is 2.06. The molecule has 0 aliphatic carbocycles. The highest BCUT2D eigenvalue weighted by Crippen LogP contribution is 2.24. The first-order chi connectivity index (χ1) is 19.8. The van der Waals surface area contributed by atoms with E-state index in [1.165, 1.54) is 21.9 Å². The fourth-order valence-corrected chi connectivity index (χ4v) is 5.30. The molecule has 212 valence electrons. The lowest BCUT2D eigenvalue weighted by atomic mass is 10.1. The van der Waals surface area contributed by atoms with Crippen molar-refractivity contribution in [2.75, 3.05) is 12.8 Å². The molecule has 0 amide bonds. The van der Waals surface area contributed by atoms with Gasteiger partial charge < -0.3 is 20.4 Å². The molecule has 6 rings (SSSR count). The number of nitrogens with zero attached hydrogens (tertiary/aromatic N) is 2. The molecule has 6 aromatic rings. The molecule has 0 unspecified atom stereocenters. The van der Waals surface area contributed by atoms with E-state index >= 15 is 0 Å². The third-order valence-electron chi connectivity index (χ3n) is 5.59. The van der Waals surface area contributed by atoms with E-state index in [0.29, 0.717) is 5.82 Å². The number of halogens is 1. The average molecular weight is 610 g/mol. The first-order valence-corrected chi connectivity index (χ1v) is 14.4. The summed E-state index contributed by atoms with van der Waals surface area (Å²) in [6.07, 6.45) is 5.09. The molecule has 0 aliphatic rings. The first-order valence-electron chi connectivity index (χ1n) is 12.4.